The van der Waals surface area contributed by atoms with E-state index in [-0.39, 0.29) is 35.3 Å². The number of nitrogens with one attached hydrogen (secondary N) is 1. The Balaban J connectivity index is 1.56. The summed E-state index contributed by atoms with van der Waals surface area (Å²) >= 11 is 5.82. The number of nitro groups is 1. The molecule has 0 spiro atoms. The zero-order valence-electron chi connectivity index (χ0n) is 16.7. The number of amides is 2. The molecule has 162 valence electrons. The summed E-state index contributed by atoms with van der Waals surface area (Å²) in [4.78, 5) is 48.7. The van der Waals surface area contributed by atoms with E-state index in [9.17, 15) is 24.5 Å². The van der Waals surface area contributed by atoms with Gasteiger partial charge in [0.1, 0.15) is 5.69 Å². The summed E-state index contributed by atoms with van der Waals surface area (Å²) in [5, 5.41) is 13.6. The van der Waals surface area contributed by atoms with Crippen molar-refractivity contribution in [2.24, 2.45) is 5.92 Å². The Morgan fingerprint density at radius 2 is 1.97 bits per heavy atom. The Bertz CT molecular complexity index is 1020. The van der Waals surface area contributed by atoms with Crippen LogP contribution in [0, 0.1) is 16.0 Å². The standard InChI is InChI=1S/C21H20ClN3O6/c1-2-13-3-6-16(7-4-13)24-11-14(9-20(24)27)21(28)31-12-19(26)23-17-10-15(22)5-8-18(17)25(29)30/h3-8,10,14H,2,9,11-12H2,1H3,(H,23,26)/t14-/m1/s1. The van der Waals surface area contributed by atoms with Gasteiger partial charge in [-0.05, 0) is 36.2 Å². The fourth-order valence-electron chi connectivity index (χ4n) is 3.24. The minimum atomic E-state index is -0.755. The van der Waals surface area contributed by atoms with E-state index in [0.29, 0.717) is 5.69 Å². The molecule has 0 bridgehead atoms. The van der Waals surface area contributed by atoms with Gasteiger partial charge in [-0.2, -0.15) is 0 Å². The zero-order chi connectivity index (χ0) is 22.5. The third-order valence-electron chi connectivity index (χ3n) is 4.89. The van der Waals surface area contributed by atoms with E-state index in [1.165, 1.54) is 17.0 Å². The molecule has 1 fully saturated rings. The van der Waals surface area contributed by atoms with E-state index >= 15 is 0 Å². The maximum atomic E-state index is 12.3. The zero-order valence-corrected chi connectivity index (χ0v) is 17.4. The number of carbonyl (C=O) groups is 3. The van der Waals surface area contributed by atoms with Gasteiger partial charge >= 0.3 is 5.97 Å². The lowest BCUT2D eigenvalue weighted by atomic mass is 10.1. The molecule has 0 aliphatic carbocycles. The molecule has 0 radical (unpaired) electrons. The first kappa shape index (κ1) is 22.2. The van der Waals surface area contributed by atoms with Crippen molar-refractivity contribution in [3.8, 4) is 0 Å². The highest BCUT2D eigenvalue weighted by atomic mass is 35.5. The SMILES string of the molecule is CCc1ccc(N2C[C@H](C(=O)OCC(=O)Nc3cc(Cl)ccc3[N+](=O)[O-])CC2=O)cc1. The van der Waals surface area contributed by atoms with Gasteiger partial charge in [0, 0.05) is 29.7 Å². The number of rotatable bonds is 7. The molecule has 2 aromatic carbocycles. The van der Waals surface area contributed by atoms with Gasteiger partial charge in [-0.15, -0.1) is 0 Å². The predicted molar refractivity (Wildman–Crippen MR) is 114 cm³/mol. The topological polar surface area (TPSA) is 119 Å². The molecule has 1 aliphatic rings. The van der Waals surface area contributed by atoms with Crippen LogP contribution in [0.1, 0.15) is 18.9 Å². The molecule has 1 heterocycles. The van der Waals surface area contributed by atoms with Crippen molar-refractivity contribution in [3.63, 3.8) is 0 Å². The Morgan fingerprint density at radius 3 is 2.61 bits per heavy atom. The quantitative estimate of drug-likeness (QED) is 0.396. The normalized spacial score (nSPS) is 15.6. The third-order valence-corrected chi connectivity index (χ3v) is 5.12. The summed E-state index contributed by atoms with van der Waals surface area (Å²) in [6.07, 6.45) is 0.860. The van der Waals surface area contributed by atoms with Crippen molar-refractivity contribution in [3.05, 3.63) is 63.2 Å². The maximum Gasteiger partial charge on any atom is 0.311 e. The van der Waals surface area contributed by atoms with E-state index < -0.39 is 29.3 Å². The van der Waals surface area contributed by atoms with Crippen molar-refractivity contribution >= 4 is 46.4 Å². The molecule has 0 saturated carbocycles. The first-order valence-corrected chi connectivity index (χ1v) is 9.96. The van der Waals surface area contributed by atoms with Crippen LogP contribution in [0.4, 0.5) is 17.1 Å². The number of carbonyl (C=O) groups excluding carboxylic acids is 3. The number of anilines is 2. The minimum Gasteiger partial charge on any atom is -0.455 e. The Kier molecular flexibility index (Phi) is 6.86. The van der Waals surface area contributed by atoms with Crippen LogP contribution < -0.4 is 10.2 Å². The summed E-state index contributed by atoms with van der Waals surface area (Å²) < 4.78 is 5.03. The van der Waals surface area contributed by atoms with Crippen molar-refractivity contribution in [2.45, 2.75) is 19.8 Å². The number of ether oxygens (including phenoxy) is 1. The van der Waals surface area contributed by atoms with Gasteiger partial charge in [-0.1, -0.05) is 30.7 Å². The molecule has 1 saturated heterocycles. The molecule has 9 nitrogen and oxygen atoms in total. The summed E-state index contributed by atoms with van der Waals surface area (Å²) in [5.74, 6) is -2.34. The molecule has 1 aliphatic heterocycles. The highest BCUT2D eigenvalue weighted by Crippen LogP contribution is 2.28. The lowest BCUT2D eigenvalue weighted by Crippen LogP contribution is -2.28. The van der Waals surface area contributed by atoms with Crippen molar-refractivity contribution < 1.29 is 24.0 Å². The average Bonchev–Trinajstić information content (AvgIpc) is 3.13. The van der Waals surface area contributed by atoms with E-state index in [1.54, 1.807) is 0 Å². The maximum absolute atomic E-state index is 12.3. The molecule has 0 unspecified atom stereocenters. The second-order valence-electron chi connectivity index (χ2n) is 7.00. The molecular weight excluding hydrogens is 426 g/mol. The Labute approximate surface area is 183 Å². The van der Waals surface area contributed by atoms with Crippen LogP contribution in [0.3, 0.4) is 0 Å². The summed E-state index contributed by atoms with van der Waals surface area (Å²) in [6.45, 7) is 1.55. The van der Waals surface area contributed by atoms with Gasteiger partial charge in [0.05, 0.1) is 10.8 Å². The van der Waals surface area contributed by atoms with Crippen LogP contribution >= 0.6 is 11.6 Å². The van der Waals surface area contributed by atoms with Crippen LogP contribution in [0.2, 0.25) is 5.02 Å². The number of nitrogens with zero attached hydrogens (tertiary/aromatic N) is 2. The first-order valence-electron chi connectivity index (χ1n) is 9.58. The molecule has 1 N–H and O–H groups in total. The van der Waals surface area contributed by atoms with Crippen LogP contribution in [-0.2, 0) is 25.5 Å². The predicted octanol–water partition coefficient (Wildman–Crippen LogP) is 3.35. The lowest BCUT2D eigenvalue weighted by molar-refractivity contribution is -0.383. The van der Waals surface area contributed by atoms with E-state index in [4.69, 9.17) is 16.3 Å². The van der Waals surface area contributed by atoms with E-state index in [2.05, 4.69) is 5.32 Å². The number of benzene rings is 2. The van der Waals surface area contributed by atoms with E-state index in [1.807, 2.05) is 31.2 Å². The van der Waals surface area contributed by atoms with Gasteiger partial charge < -0.3 is 15.0 Å². The van der Waals surface area contributed by atoms with Crippen LogP contribution in [0.5, 0.6) is 0 Å². The lowest BCUT2D eigenvalue weighted by Gasteiger charge is -2.17. The number of nitro benzene ring substituents is 1. The highest BCUT2D eigenvalue weighted by molar-refractivity contribution is 6.31. The van der Waals surface area contributed by atoms with Crippen molar-refractivity contribution in [1.82, 2.24) is 0 Å². The van der Waals surface area contributed by atoms with Gasteiger partial charge in [0.15, 0.2) is 6.61 Å². The van der Waals surface area contributed by atoms with Crippen LogP contribution in [0.25, 0.3) is 0 Å². The summed E-state index contributed by atoms with van der Waals surface area (Å²) in [6, 6.07) is 11.2. The van der Waals surface area contributed by atoms with Crippen molar-refractivity contribution in [2.75, 3.05) is 23.4 Å². The Morgan fingerprint density at radius 1 is 1.26 bits per heavy atom. The molecule has 10 heteroatoms. The minimum absolute atomic E-state index is 0.0181. The third kappa shape index (κ3) is 5.37. The summed E-state index contributed by atoms with van der Waals surface area (Å²) in [7, 11) is 0. The number of esters is 1. The largest absolute Gasteiger partial charge is 0.455 e. The second-order valence-corrected chi connectivity index (χ2v) is 7.44. The number of hydrogen-bond acceptors (Lipinski definition) is 6. The number of aryl methyl sites for hydroxylation is 1. The fraction of sp³-hybridized carbons (Fsp3) is 0.286. The monoisotopic (exact) mass is 445 g/mol. The van der Waals surface area contributed by atoms with Crippen LogP contribution in [0.15, 0.2) is 42.5 Å². The van der Waals surface area contributed by atoms with Crippen molar-refractivity contribution in [1.29, 1.82) is 0 Å². The summed E-state index contributed by atoms with van der Waals surface area (Å²) in [5.41, 5.74) is 1.40. The van der Waals surface area contributed by atoms with E-state index in [0.717, 1.165) is 18.1 Å². The van der Waals surface area contributed by atoms with Gasteiger partial charge in [-0.25, -0.2) is 0 Å². The molecule has 1 atom stereocenters. The molecular formula is C21H20ClN3O6. The fourth-order valence-corrected chi connectivity index (χ4v) is 3.41. The van der Waals surface area contributed by atoms with Crippen LogP contribution in [-0.4, -0.2) is 35.9 Å². The molecule has 31 heavy (non-hydrogen) atoms. The molecule has 2 amide bonds. The van der Waals surface area contributed by atoms with Gasteiger partial charge in [0.25, 0.3) is 11.6 Å². The Hall–Kier alpha value is -3.46. The number of hydrogen-bond donors (Lipinski definition) is 1. The second kappa shape index (κ2) is 9.57. The van der Waals surface area contributed by atoms with Gasteiger partial charge in [0.2, 0.25) is 5.91 Å². The smallest absolute Gasteiger partial charge is 0.311 e. The average molecular weight is 446 g/mol. The highest BCUT2D eigenvalue weighted by Gasteiger charge is 2.36. The molecule has 3 rings (SSSR count). The molecule has 0 aromatic heterocycles. The molecule has 2 aromatic rings. The van der Waals surface area contributed by atoms with Gasteiger partial charge in [-0.3, -0.25) is 24.5 Å². The number of halogens is 1. The first-order chi connectivity index (χ1) is 14.8.